The van der Waals surface area contributed by atoms with Gasteiger partial charge in [-0.15, -0.1) is 0 Å². The fourth-order valence-electron chi connectivity index (χ4n) is 1.86. The van der Waals surface area contributed by atoms with E-state index < -0.39 is 39.3 Å². The Morgan fingerprint density at radius 1 is 0.913 bits per heavy atom. The summed E-state index contributed by atoms with van der Waals surface area (Å²) < 4.78 is 88.1. The van der Waals surface area contributed by atoms with Gasteiger partial charge >= 0.3 is 6.18 Å². The molecule has 0 radical (unpaired) electrons. The SMILES string of the molecule is NS(=O)(=O)Nc1ccc(-c2ccc(C(F)(F)F)c(F)c2)cc1F. The monoisotopic (exact) mass is 352 g/mol. The van der Waals surface area contributed by atoms with E-state index in [1.807, 2.05) is 0 Å². The highest BCUT2D eigenvalue weighted by atomic mass is 32.2. The summed E-state index contributed by atoms with van der Waals surface area (Å²) in [6, 6.07) is 5.20. The molecule has 0 aliphatic rings. The molecule has 2 aromatic rings. The van der Waals surface area contributed by atoms with Crippen LogP contribution in [-0.4, -0.2) is 8.42 Å². The second-order valence-electron chi connectivity index (χ2n) is 4.53. The van der Waals surface area contributed by atoms with Crippen molar-refractivity contribution in [1.82, 2.24) is 0 Å². The zero-order valence-corrected chi connectivity index (χ0v) is 12.0. The fourth-order valence-corrected chi connectivity index (χ4v) is 2.33. The van der Waals surface area contributed by atoms with Crippen LogP contribution in [0.5, 0.6) is 0 Å². The molecule has 2 aromatic carbocycles. The highest BCUT2D eigenvalue weighted by Gasteiger charge is 2.33. The molecular formula is C13H9F5N2O2S. The third-order valence-corrected chi connectivity index (χ3v) is 3.33. The summed E-state index contributed by atoms with van der Waals surface area (Å²) in [4.78, 5) is 0. The maximum absolute atomic E-state index is 13.8. The summed E-state index contributed by atoms with van der Waals surface area (Å²) in [5, 5.41) is 4.70. The largest absolute Gasteiger partial charge is 0.419 e. The summed E-state index contributed by atoms with van der Waals surface area (Å²) >= 11 is 0. The summed E-state index contributed by atoms with van der Waals surface area (Å²) in [5.74, 6) is -2.51. The third kappa shape index (κ3) is 4.17. The van der Waals surface area contributed by atoms with Crippen LogP contribution in [0.2, 0.25) is 0 Å². The lowest BCUT2D eigenvalue weighted by molar-refractivity contribution is -0.139. The van der Waals surface area contributed by atoms with Crippen molar-refractivity contribution in [3.05, 3.63) is 53.6 Å². The molecule has 0 aliphatic heterocycles. The number of nitrogens with one attached hydrogen (secondary N) is 1. The van der Waals surface area contributed by atoms with Gasteiger partial charge < -0.3 is 0 Å². The molecule has 0 heterocycles. The zero-order valence-electron chi connectivity index (χ0n) is 11.2. The lowest BCUT2D eigenvalue weighted by atomic mass is 10.0. The number of halogens is 5. The van der Waals surface area contributed by atoms with E-state index in [0.29, 0.717) is 12.1 Å². The lowest BCUT2D eigenvalue weighted by Crippen LogP contribution is -2.22. The molecule has 0 saturated heterocycles. The molecule has 3 N–H and O–H groups in total. The van der Waals surface area contributed by atoms with Crippen LogP contribution in [-0.2, 0) is 16.4 Å². The predicted octanol–water partition coefficient (Wildman–Crippen LogP) is 3.27. The van der Waals surface area contributed by atoms with Crippen LogP contribution in [0.1, 0.15) is 5.56 Å². The Kier molecular flexibility index (Phi) is 4.31. The number of anilines is 1. The van der Waals surface area contributed by atoms with E-state index in [4.69, 9.17) is 5.14 Å². The van der Waals surface area contributed by atoms with Crippen LogP contribution in [0.3, 0.4) is 0 Å². The number of nitrogens with two attached hydrogens (primary N) is 1. The van der Waals surface area contributed by atoms with Crippen LogP contribution in [0.4, 0.5) is 27.6 Å². The quantitative estimate of drug-likeness (QED) is 0.833. The molecule has 0 fully saturated rings. The molecule has 4 nitrogen and oxygen atoms in total. The Balaban J connectivity index is 2.40. The first kappa shape index (κ1) is 17.2. The van der Waals surface area contributed by atoms with E-state index in [0.717, 1.165) is 18.2 Å². The van der Waals surface area contributed by atoms with Crippen molar-refractivity contribution in [1.29, 1.82) is 0 Å². The highest BCUT2D eigenvalue weighted by molar-refractivity contribution is 7.90. The summed E-state index contributed by atoms with van der Waals surface area (Å²) in [7, 11) is -4.18. The van der Waals surface area contributed by atoms with Crippen molar-refractivity contribution in [3.8, 4) is 11.1 Å². The molecule has 0 atom stereocenters. The molecule has 0 unspecified atom stereocenters. The first-order chi connectivity index (χ1) is 10.5. The molecule has 0 spiro atoms. The van der Waals surface area contributed by atoms with Gasteiger partial charge in [-0.05, 0) is 35.4 Å². The zero-order chi connectivity index (χ0) is 17.4. The molecule has 0 amide bonds. The maximum atomic E-state index is 13.8. The Morgan fingerprint density at radius 2 is 1.43 bits per heavy atom. The second-order valence-corrected chi connectivity index (χ2v) is 5.83. The highest BCUT2D eigenvalue weighted by Crippen LogP contribution is 2.34. The van der Waals surface area contributed by atoms with Gasteiger partial charge in [0.1, 0.15) is 11.6 Å². The second kappa shape index (κ2) is 5.78. The van der Waals surface area contributed by atoms with Crippen molar-refractivity contribution in [3.63, 3.8) is 0 Å². The molecule has 0 bridgehead atoms. The van der Waals surface area contributed by atoms with Gasteiger partial charge in [-0.3, -0.25) is 4.72 Å². The minimum Gasteiger partial charge on any atom is -0.268 e. The average Bonchev–Trinajstić information content (AvgIpc) is 2.38. The van der Waals surface area contributed by atoms with Gasteiger partial charge in [0, 0.05) is 0 Å². The van der Waals surface area contributed by atoms with Crippen molar-refractivity contribution >= 4 is 15.9 Å². The Bertz CT molecular complexity index is 850. The van der Waals surface area contributed by atoms with Gasteiger partial charge in [-0.25, -0.2) is 13.9 Å². The van der Waals surface area contributed by atoms with Crippen molar-refractivity contribution < 1.29 is 30.4 Å². The van der Waals surface area contributed by atoms with Gasteiger partial charge in [0.2, 0.25) is 0 Å². The Morgan fingerprint density at radius 3 is 1.87 bits per heavy atom. The van der Waals surface area contributed by atoms with E-state index in [9.17, 15) is 30.4 Å². The van der Waals surface area contributed by atoms with Gasteiger partial charge in [0.25, 0.3) is 10.2 Å². The van der Waals surface area contributed by atoms with E-state index in [2.05, 4.69) is 0 Å². The topological polar surface area (TPSA) is 72.2 Å². The van der Waals surface area contributed by atoms with Crippen LogP contribution in [0.15, 0.2) is 36.4 Å². The predicted molar refractivity (Wildman–Crippen MR) is 73.5 cm³/mol. The molecule has 124 valence electrons. The molecule has 0 aliphatic carbocycles. The normalized spacial score (nSPS) is 12.3. The summed E-state index contributed by atoms with van der Waals surface area (Å²) in [6.45, 7) is 0. The van der Waals surface area contributed by atoms with Crippen molar-refractivity contribution in [2.75, 3.05) is 4.72 Å². The van der Waals surface area contributed by atoms with E-state index in [-0.39, 0.29) is 11.1 Å². The first-order valence-corrected chi connectivity index (χ1v) is 7.49. The molecule has 0 saturated carbocycles. The lowest BCUT2D eigenvalue weighted by Gasteiger charge is -2.11. The van der Waals surface area contributed by atoms with E-state index in [1.165, 1.54) is 6.07 Å². The minimum atomic E-state index is -4.84. The van der Waals surface area contributed by atoms with Crippen LogP contribution in [0, 0.1) is 11.6 Å². The van der Waals surface area contributed by atoms with Crippen LogP contribution in [0.25, 0.3) is 11.1 Å². The number of hydrogen-bond acceptors (Lipinski definition) is 2. The average molecular weight is 352 g/mol. The van der Waals surface area contributed by atoms with E-state index >= 15 is 0 Å². The van der Waals surface area contributed by atoms with Crippen molar-refractivity contribution in [2.24, 2.45) is 5.14 Å². The summed E-state index contributed by atoms with van der Waals surface area (Å²) in [5.41, 5.74) is -1.82. The van der Waals surface area contributed by atoms with Crippen LogP contribution >= 0.6 is 0 Å². The Hall–Kier alpha value is -2.20. The van der Waals surface area contributed by atoms with Gasteiger partial charge in [-0.2, -0.15) is 21.6 Å². The smallest absolute Gasteiger partial charge is 0.268 e. The fraction of sp³-hybridized carbons (Fsp3) is 0.0769. The van der Waals surface area contributed by atoms with Gasteiger partial charge in [-0.1, -0.05) is 12.1 Å². The number of alkyl halides is 3. The van der Waals surface area contributed by atoms with Gasteiger partial charge in [0.05, 0.1) is 11.3 Å². The number of rotatable bonds is 3. The van der Waals surface area contributed by atoms with Crippen molar-refractivity contribution in [2.45, 2.75) is 6.18 Å². The van der Waals surface area contributed by atoms with E-state index in [1.54, 1.807) is 4.72 Å². The molecule has 10 heteroatoms. The number of hydrogen-bond donors (Lipinski definition) is 2. The minimum absolute atomic E-state index is 0.00319. The van der Waals surface area contributed by atoms with Gasteiger partial charge in [0.15, 0.2) is 0 Å². The standard InChI is InChI=1S/C13H9F5N2O2S/c14-10-5-7(1-3-9(10)13(16,17)18)8-2-4-12(11(15)6-8)20-23(19,21)22/h1-6,20H,(H2,19,21,22). The molecule has 23 heavy (non-hydrogen) atoms. The molecule has 2 rings (SSSR count). The number of benzene rings is 2. The first-order valence-electron chi connectivity index (χ1n) is 5.94. The summed E-state index contributed by atoms with van der Waals surface area (Å²) in [6.07, 6.45) is -4.84. The Labute approximate surface area is 127 Å². The molecule has 0 aromatic heterocycles. The van der Waals surface area contributed by atoms with Crippen LogP contribution < -0.4 is 9.86 Å². The molecular weight excluding hydrogens is 343 g/mol. The maximum Gasteiger partial charge on any atom is 0.419 e. The third-order valence-electron chi connectivity index (χ3n) is 2.83.